The quantitative estimate of drug-likeness (QED) is 0.454. The Hall–Kier alpha value is -2.34. The fourth-order valence-electron chi connectivity index (χ4n) is 3.17. The van der Waals surface area contributed by atoms with Gasteiger partial charge in [0.25, 0.3) is 0 Å². The summed E-state index contributed by atoms with van der Waals surface area (Å²) in [5, 5.41) is 1.04. The van der Waals surface area contributed by atoms with Crippen molar-refractivity contribution in [1.29, 1.82) is 0 Å². The van der Waals surface area contributed by atoms with Gasteiger partial charge in [-0.25, -0.2) is 0 Å². The summed E-state index contributed by atoms with van der Waals surface area (Å²) in [6, 6.07) is 13.7. The summed E-state index contributed by atoms with van der Waals surface area (Å²) < 4.78 is 11.4. The lowest BCUT2D eigenvalue weighted by Gasteiger charge is -2.17. The van der Waals surface area contributed by atoms with E-state index in [1.165, 1.54) is 6.07 Å². The minimum absolute atomic E-state index is 0. The summed E-state index contributed by atoms with van der Waals surface area (Å²) in [6.07, 6.45) is 0.0442. The van der Waals surface area contributed by atoms with Crippen molar-refractivity contribution in [1.82, 2.24) is 4.90 Å². The zero-order valence-electron chi connectivity index (χ0n) is 17.0. The third-order valence-corrected chi connectivity index (χ3v) is 5.12. The summed E-state index contributed by atoms with van der Waals surface area (Å²) in [7, 11) is 0. The van der Waals surface area contributed by atoms with Gasteiger partial charge in [0.1, 0.15) is 18.0 Å². The van der Waals surface area contributed by atoms with Crippen LogP contribution >= 0.6 is 24.0 Å². The van der Waals surface area contributed by atoms with E-state index in [0.717, 1.165) is 18.7 Å². The average Bonchev–Trinajstić information content (AvgIpc) is 2.72. The van der Waals surface area contributed by atoms with E-state index in [0.29, 0.717) is 40.5 Å². The Labute approximate surface area is 187 Å². The van der Waals surface area contributed by atoms with E-state index >= 15 is 0 Å². The molecule has 0 bridgehead atoms. The Bertz CT molecular complexity index is 1040. The molecule has 0 amide bonds. The maximum atomic E-state index is 12.6. The van der Waals surface area contributed by atoms with Crippen LogP contribution in [0.1, 0.15) is 19.4 Å². The van der Waals surface area contributed by atoms with Crippen molar-refractivity contribution in [3.8, 4) is 11.3 Å². The zero-order valence-corrected chi connectivity index (χ0v) is 18.6. The van der Waals surface area contributed by atoms with Crippen LogP contribution in [0.5, 0.6) is 0 Å². The molecular formula is C23H25Cl2NO4. The molecule has 1 heterocycles. The van der Waals surface area contributed by atoms with Crippen LogP contribution in [0.15, 0.2) is 57.7 Å². The van der Waals surface area contributed by atoms with Crippen molar-refractivity contribution in [2.45, 2.75) is 20.3 Å². The molecule has 0 aliphatic heterocycles. The first-order chi connectivity index (χ1) is 14.0. The second-order valence-electron chi connectivity index (χ2n) is 6.70. The van der Waals surface area contributed by atoms with E-state index in [-0.39, 0.29) is 30.2 Å². The van der Waals surface area contributed by atoms with Crippen molar-refractivity contribution < 1.29 is 13.9 Å². The Kier molecular flexibility index (Phi) is 8.90. The first-order valence-electron chi connectivity index (χ1n) is 9.71. The van der Waals surface area contributed by atoms with Crippen molar-refractivity contribution in [3.05, 3.63) is 69.3 Å². The van der Waals surface area contributed by atoms with Crippen LogP contribution in [0.25, 0.3) is 22.3 Å². The van der Waals surface area contributed by atoms with Crippen LogP contribution in [0, 0.1) is 0 Å². The Morgan fingerprint density at radius 1 is 1.10 bits per heavy atom. The summed E-state index contributed by atoms with van der Waals surface area (Å²) in [6.45, 7) is 7.00. The number of carbonyl (C=O) groups is 1. The number of fused-ring (bicyclic) bond motifs is 1. The number of esters is 1. The van der Waals surface area contributed by atoms with Gasteiger partial charge < -0.3 is 14.1 Å². The third-order valence-electron chi connectivity index (χ3n) is 4.86. The number of hydrogen-bond acceptors (Lipinski definition) is 5. The molecule has 0 saturated heterocycles. The van der Waals surface area contributed by atoms with E-state index in [1.54, 1.807) is 42.5 Å². The molecule has 0 N–H and O–H groups in total. The van der Waals surface area contributed by atoms with Gasteiger partial charge in [0.05, 0.1) is 11.8 Å². The molecule has 3 aromatic rings. The highest BCUT2D eigenvalue weighted by Crippen LogP contribution is 2.26. The van der Waals surface area contributed by atoms with Crippen molar-refractivity contribution in [2.75, 3.05) is 26.2 Å². The van der Waals surface area contributed by atoms with E-state index in [2.05, 4.69) is 18.7 Å². The van der Waals surface area contributed by atoms with Gasteiger partial charge >= 0.3 is 5.97 Å². The molecule has 2 aromatic carbocycles. The van der Waals surface area contributed by atoms with Gasteiger partial charge in [0.2, 0.25) is 0 Å². The predicted molar refractivity (Wildman–Crippen MR) is 123 cm³/mol. The summed E-state index contributed by atoms with van der Waals surface area (Å²) >= 11 is 5.94. The second-order valence-corrected chi connectivity index (χ2v) is 7.14. The maximum absolute atomic E-state index is 12.6. The van der Waals surface area contributed by atoms with Crippen LogP contribution in [0.4, 0.5) is 0 Å². The van der Waals surface area contributed by atoms with Gasteiger partial charge in [-0.15, -0.1) is 12.4 Å². The van der Waals surface area contributed by atoms with Crippen LogP contribution < -0.4 is 5.43 Å². The smallest absolute Gasteiger partial charge is 0.310 e. The number of rotatable bonds is 8. The molecule has 0 fully saturated rings. The number of likely N-dealkylation sites (N-methyl/N-ethyl adjacent to an activating group) is 1. The lowest BCUT2D eigenvalue weighted by molar-refractivity contribution is -0.143. The zero-order chi connectivity index (χ0) is 20.8. The predicted octanol–water partition coefficient (Wildman–Crippen LogP) is 4.96. The largest absolute Gasteiger partial charge is 0.464 e. The molecule has 3 rings (SSSR count). The molecule has 0 aliphatic carbocycles. The third kappa shape index (κ3) is 5.85. The standard InChI is InChI=1S/C23H24ClNO4.ClH/c1-3-25(4-2)12-13-28-22(27)14-17-6-5-7-19-20(26)15-21(29-23(17)19)16-8-10-18(24)11-9-16;/h5-11,15H,3-4,12-14H2,1-2H3;1H. The van der Waals surface area contributed by atoms with Gasteiger partial charge in [-0.05, 0) is 43.4 Å². The molecule has 30 heavy (non-hydrogen) atoms. The van der Waals surface area contributed by atoms with Crippen molar-refractivity contribution >= 4 is 40.9 Å². The molecule has 0 radical (unpaired) electrons. The normalized spacial score (nSPS) is 10.8. The fourth-order valence-corrected chi connectivity index (χ4v) is 3.29. The SMILES string of the molecule is CCN(CC)CCOC(=O)Cc1cccc2c(=O)cc(-c3ccc(Cl)cc3)oc12.Cl. The highest BCUT2D eigenvalue weighted by molar-refractivity contribution is 6.30. The monoisotopic (exact) mass is 449 g/mol. The number of benzene rings is 2. The molecule has 5 nitrogen and oxygen atoms in total. The highest BCUT2D eigenvalue weighted by atomic mass is 35.5. The number of nitrogens with zero attached hydrogens (tertiary/aromatic N) is 1. The number of para-hydroxylation sites is 1. The number of ether oxygens (including phenoxy) is 1. The molecular weight excluding hydrogens is 425 g/mol. The van der Waals surface area contributed by atoms with Gasteiger partial charge in [-0.3, -0.25) is 9.59 Å². The topological polar surface area (TPSA) is 59.8 Å². The minimum atomic E-state index is -0.343. The molecule has 0 aliphatic rings. The fraction of sp³-hybridized carbons (Fsp3) is 0.304. The number of halogens is 2. The molecule has 0 atom stereocenters. The van der Waals surface area contributed by atoms with Crippen molar-refractivity contribution in [2.24, 2.45) is 0 Å². The summed E-state index contributed by atoms with van der Waals surface area (Å²) in [5.41, 5.74) is 1.62. The van der Waals surface area contributed by atoms with Crippen LogP contribution in [0.2, 0.25) is 5.02 Å². The highest BCUT2D eigenvalue weighted by Gasteiger charge is 2.14. The van der Waals surface area contributed by atoms with Gasteiger partial charge in [-0.2, -0.15) is 0 Å². The van der Waals surface area contributed by atoms with E-state index in [1.807, 2.05) is 0 Å². The van der Waals surface area contributed by atoms with Crippen LogP contribution in [-0.4, -0.2) is 37.1 Å². The first-order valence-corrected chi connectivity index (χ1v) is 10.1. The summed E-state index contributed by atoms with van der Waals surface area (Å²) in [5.74, 6) is 0.0886. The molecule has 7 heteroatoms. The van der Waals surface area contributed by atoms with Gasteiger partial charge in [-0.1, -0.05) is 37.6 Å². The Balaban J connectivity index is 0.00000320. The summed E-state index contributed by atoms with van der Waals surface area (Å²) in [4.78, 5) is 27.1. The van der Waals surface area contributed by atoms with Gasteiger partial charge in [0.15, 0.2) is 5.43 Å². The lowest BCUT2D eigenvalue weighted by Crippen LogP contribution is -2.28. The number of carbonyl (C=O) groups excluding carboxylic acids is 1. The van der Waals surface area contributed by atoms with Crippen molar-refractivity contribution in [3.63, 3.8) is 0 Å². The van der Waals surface area contributed by atoms with E-state index in [4.69, 9.17) is 20.8 Å². The van der Waals surface area contributed by atoms with E-state index < -0.39 is 0 Å². The minimum Gasteiger partial charge on any atom is -0.464 e. The first kappa shape index (κ1) is 23.9. The molecule has 160 valence electrons. The number of hydrogen-bond donors (Lipinski definition) is 0. The molecule has 0 saturated carbocycles. The Morgan fingerprint density at radius 3 is 2.47 bits per heavy atom. The molecule has 0 unspecified atom stereocenters. The maximum Gasteiger partial charge on any atom is 0.310 e. The molecule has 0 spiro atoms. The lowest BCUT2D eigenvalue weighted by atomic mass is 10.1. The van der Waals surface area contributed by atoms with Crippen LogP contribution in [-0.2, 0) is 16.0 Å². The molecule has 1 aromatic heterocycles. The Morgan fingerprint density at radius 2 is 1.80 bits per heavy atom. The second kappa shape index (κ2) is 11.2. The van der Waals surface area contributed by atoms with Gasteiger partial charge in [0, 0.05) is 28.8 Å². The van der Waals surface area contributed by atoms with Crippen LogP contribution in [0.3, 0.4) is 0 Å². The van der Waals surface area contributed by atoms with E-state index in [9.17, 15) is 9.59 Å². The average molecular weight is 450 g/mol.